The van der Waals surface area contributed by atoms with Crippen LogP contribution >= 0.6 is 0 Å². The van der Waals surface area contributed by atoms with E-state index in [-0.39, 0.29) is 12.1 Å². The average Bonchev–Trinajstić information content (AvgIpc) is 3.13. The maximum Gasteiger partial charge on any atom is 0.119 e. The van der Waals surface area contributed by atoms with Gasteiger partial charge in [-0.3, -0.25) is 9.80 Å². The van der Waals surface area contributed by atoms with Gasteiger partial charge in [0.05, 0.1) is 19.8 Å². The Morgan fingerprint density at radius 2 is 1.63 bits per heavy atom. The molecule has 0 unspecified atom stereocenters. The number of hydrogen-bond donors (Lipinski definition) is 1. The molecule has 2 aromatic carbocycles. The predicted molar refractivity (Wildman–Crippen MR) is 118 cm³/mol. The van der Waals surface area contributed by atoms with E-state index in [0.29, 0.717) is 26.4 Å². The van der Waals surface area contributed by atoms with Gasteiger partial charge in [0, 0.05) is 38.8 Å². The van der Waals surface area contributed by atoms with E-state index in [9.17, 15) is 5.11 Å². The summed E-state index contributed by atoms with van der Waals surface area (Å²) >= 11 is 0. The molecule has 0 aromatic heterocycles. The van der Waals surface area contributed by atoms with E-state index in [4.69, 9.17) is 14.2 Å². The molecule has 0 saturated carbocycles. The highest BCUT2D eigenvalue weighted by Crippen LogP contribution is 2.21. The zero-order valence-electron chi connectivity index (χ0n) is 18.3. The van der Waals surface area contributed by atoms with Crippen molar-refractivity contribution in [3.05, 3.63) is 59.7 Å². The van der Waals surface area contributed by atoms with E-state index in [2.05, 4.69) is 41.1 Å². The number of aliphatic hydroxyl groups is 1. The highest BCUT2D eigenvalue weighted by Gasteiger charge is 2.33. The van der Waals surface area contributed by atoms with Gasteiger partial charge in [-0.1, -0.05) is 24.3 Å². The minimum Gasteiger partial charge on any atom is -0.497 e. The van der Waals surface area contributed by atoms with E-state index in [1.165, 1.54) is 11.1 Å². The van der Waals surface area contributed by atoms with E-state index in [1.54, 1.807) is 7.11 Å². The van der Waals surface area contributed by atoms with Crippen LogP contribution in [0.2, 0.25) is 0 Å². The summed E-state index contributed by atoms with van der Waals surface area (Å²) in [5.41, 5.74) is 2.43. The van der Waals surface area contributed by atoms with Crippen molar-refractivity contribution in [3.8, 4) is 11.5 Å². The number of likely N-dealkylation sites (tertiary alicyclic amines) is 1. The summed E-state index contributed by atoms with van der Waals surface area (Å²) in [6.07, 6.45) is -0.352. The lowest BCUT2D eigenvalue weighted by Crippen LogP contribution is -2.40. The number of nitrogens with zero attached hydrogens (tertiary/aromatic N) is 2. The molecule has 1 N–H and O–H groups in total. The van der Waals surface area contributed by atoms with Gasteiger partial charge in [0.1, 0.15) is 18.1 Å². The molecule has 2 atom stereocenters. The van der Waals surface area contributed by atoms with E-state index >= 15 is 0 Å². The molecule has 2 aromatic rings. The fraction of sp³-hybridized carbons (Fsp3) is 0.500. The van der Waals surface area contributed by atoms with Gasteiger partial charge in [-0.2, -0.15) is 0 Å². The molecule has 1 heterocycles. The van der Waals surface area contributed by atoms with E-state index < -0.39 is 0 Å². The fourth-order valence-electron chi connectivity index (χ4n) is 3.86. The number of benzene rings is 2. The van der Waals surface area contributed by atoms with Crippen molar-refractivity contribution in [2.24, 2.45) is 0 Å². The molecule has 1 aliphatic heterocycles. The largest absolute Gasteiger partial charge is 0.497 e. The summed E-state index contributed by atoms with van der Waals surface area (Å²) < 4.78 is 16.2. The first kappa shape index (κ1) is 22.6. The summed E-state index contributed by atoms with van der Waals surface area (Å²) in [5.74, 6) is 1.72. The quantitative estimate of drug-likeness (QED) is 0.571. The molecule has 6 nitrogen and oxygen atoms in total. The molecule has 30 heavy (non-hydrogen) atoms. The molecule has 3 rings (SSSR count). The Morgan fingerprint density at radius 1 is 0.967 bits per heavy atom. The maximum absolute atomic E-state index is 10.6. The second-order valence-electron chi connectivity index (χ2n) is 7.78. The van der Waals surface area contributed by atoms with Crippen molar-refractivity contribution in [2.75, 3.05) is 47.1 Å². The zero-order valence-corrected chi connectivity index (χ0v) is 18.3. The number of rotatable bonds is 11. The normalized spacial score (nSPS) is 19.4. The summed E-state index contributed by atoms with van der Waals surface area (Å²) in [4.78, 5) is 4.55. The number of aliphatic hydroxyl groups excluding tert-OH is 1. The SMILES string of the molecule is CCOCCOc1ccc(CN2C[C@H](O)[C@@H](N(C)Cc3ccc(OC)cc3)C2)cc1. The monoisotopic (exact) mass is 414 g/mol. The van der Waals surface area contributed by atoms with E-state index in [1.807, 2.05) is 31.2 Å². The van der Waals surface area contributed by atoms with Crippen LogP contribution in [0.4, 0.5) is 0 Å². The van der Waals surface area contributed by atoms with Crippen LogP contribution in [0.15, 0.2) is 48.5 Å². The maximum atomic E-state index is 10.6. The first-order chi connectivity index (χ1) is 14.6. The van der Waals surface area contributed by atoms with Crippen molar-refractivity contribution in [3.63, 3.8) is 0 Å². The molecule has 6 heteroatoms. The van der Waals surface area contributed by atoms with Crippen LogP contribution in [-0.2, 0) is 17.8 Å². The molecule has 0 amide bonds. The lowest BCUT2D eigenvalue weighted by molar-refractivity contribution is 0.0949. The van der Waals surface area contributed by atoms with Crippen molar-refractivity contribution in [1.82, 2.24) is 9.80 Å². The topological polar surface area (TPSA) is 54.4 Å². The fourth-order valence-corrected chi connectivity index (χ4v) is 3.86. The number of ether oxygens (including phenoxy) is 3. The molecule has 0 spiro atoms. The van der Waals surface area contributed by atoms with Gasteiger partial charge >= 0.3 is 0 Å². The van der Waals surface area contributed by atoms with Crippen molar-refractivity contribution < 1.29 is 19.3 Å². The third-order valence-electron chi connectivity index (χ3n) is 5.52. The first-order valence-corrected chi connectivity index (χ1v) is 10.6. The van der Waals surface area contributed by atoms with Crippen LogP contribution in [0.5, 0.6) is 11.5 Å². The molecule has 0 radical (unpaired) electrons. The predicted octanol–water partition coefficient (Wildman–Crippen LogP) is 2.79. The second-order valence-corrected chi connectivity index (χ2v) is 7.78. The third-order valence-corrected chi connectivity index (χ3v) is 5.52. The van der Waals surface area contributed by atoms with Crippen LogP contribution in [-0.4, -0.2) is 74.1 Å². The van der Waals surface area contributed by atoms with Crippen LogP contribution in [0.1, 0.15) is 18.1 Å². The molecule has 0 aliphatic carbocycles. The molecular weight excluding hydrogens is 380 g/mol. The van der Waals surface area contributed by atoms with Gasteiger partial charge in [-0.15, -0.1) is 0 Å². The molecule has 1 fully saturated rings. The molecule has 1 aliphatic rings. The Labute approximate surface area is 180 Å². The second kappa shape index (κ2) is 11.3. The van der Waals surface area contributed by atoms with E-state index in [0.717, 1.165) is 31.1 Å². The number of hydrogen-bond acceptors (Lipinski definition) is 6. The first-order valence-electron chi connectivity index (χ1n) is 10.6. The number of methoxy groups -OCH3 is 1. The van der Waals surface area contributed by atoms with Gasteiger partial charge in [0.2, 0.25) is 0 Å². The van der Waals surface area contributed by atoms with Crippen molar-refractivity contribution in [1.29, 1.82) is 0 Å². The van der Waals surface area contributed by atoms with Gasteiger partial charge in [0.25, 0.3) is 0 Å². The minimum atomic E-state index is -0.352. The average molecular weight is 415 g/mol. The summed E-state index contributed by atoms with van der Waals surface area (Å²) in [7, 11) is 3.75. The lowest BCUT2D eigenvalue weighted by Gasteiger charge is -2.26. The zero-order chi connectivity index (χ0) is 21.3. The Hall–Kier alpha value is -2.12. The van der Waals surface area contributed by atoms with Gasteiger partial charge in [-0.25, -0.2) is 0 Å². The Balaban J connectivity index is 1.48. The van der Waals surface area contributed by atoms with Crippen LogP contribution in [0.3, 0.4) is 0 Å². The molecule has 0 bridgehead atoms. The van der Waals surface area contributed by atoms with Gasteiger partial charge < -0.3 is 19.3 Å². The van der Waals surface area contributed by atoms with Gasteiger partial charge in [-0.05, 0) is 49.4 Å². The smallest absolute Gasteiger partial charge is 0.119 e. The summed E-state index contributed by atoms with van der Waals surface area (Å²) in [6, 6.07) is 16.4. The molecule has 164 valence electrons. The lowest BCUT2D eigenvalue weighted by atomic mass is 10.1. The summed E-state index contributed by atoms with van der Waals surface area (Å²) in [6.45, 7) is 7.01. The highest BCUT2D eigenvalue weighted by atomic mass is 16.5. The standard InChI is InChI=1S/C24H34N2O4/c1-4-29-13-14-30-22-11-7-20(8-12-22)16-26-17-23(24(27)18-26)25(2)15-19-5-9-21(28-3)10-6-19/h5-12,23-24,27H,4,13-18H2,1-3H3/t23-,24-/m0/s1. The molecular formula is C24H34N2O4. The van der Waals surface area contributed by atoms with Crippen molar-refractivity contribution in [2.45, 2.75) is 32.2 Å². The van der Waals surface area contributed by atoms with Crippen LogP contribution in [0.25, 0.3) is 0 Å². The third kappa shape index (κ3) is 6.44. The molecule has 1 saturated heterocycles. The number of β-amino-alcohol motifs (C(OH)–C–C–N with tert-alkyl or cyclic N) is 1. The van der Waals surface area contributed by atoms with Crippen molar-refractivity contribution >= 4 is 0 Å². The van der Waals surface area contributed by atoms with Crippen LogP contribution < -0.4 is 9.47 Å². The Bertz CT molecular complexity index is 751. The minimum absolute atomic E-state index is 0.119. The highest BCUT2D eigenvalue weighted by molar-refractivity contribution is 5.28. The van der Waals surface area contributed by atoms with Crippen LogP contribution in [0, 0.1) is 0 Å². The van der Waals surface area contributed by atoms with Gasteiger partial charge in [0.15, 0.2) is 0 Å². The number of likely N-dealkylation sites (N-methyl/N-ethyl adjacent to an activating group) is 1. The summed E-state index contributed by atoms with van der Waals surface area (Å²) in [5, 5.41) is 10.6. The Kier molecular flexibility index (Phi) is 8.51. The Morgan fingerprint density at radius 3 is 2.30 bits per heavy atom.